The van der Waals surface area contributed by atoms with Crippen LogP contribution in [0.25, 0.3) is 22.3 Å². The Bertz CT molecular complexity index is 1060. The highest BCUT2D eigenvalue weighted by Gasteiger charge is 2.30. The minimum Gasteiger partial charge on any atom is -0.444 e. The van der Waals surface area contributed by atoms with Gasteiger partial charge in [-0.3, -0.25) is 4.98 Å². The lowest BCUT2D eigenvalue weighted by molar-refractivity contribution is 0.0494. The number of anilines is 1. The second-order valence-corrected chi connectivity index (χ2v) is 9.04. The van der Waals surface area contributed by atoms with Crippen LogP contribution in [0.2, 0.25) is 0 Å². The molecule has 31 heavy (non-hydrogen) atoms. The van der Waals surface area contributed by atoms with E-state index in [9.17, 15) is 4.79 Å². The van der Waals surface area contributed by atoms with Crippen LogP contribution in [0.4, 0.5) is 10.6 Å². The number of piperidine rings is 1. The maximum atomic E-state index is 12.2. The number of nitrogens with zero attached hydrogens (tertiary/aromatic N) is 4. The number of alkyl carbamates (subject to hydrolysis) is 1. The normalized spacial score (nSPS) is 19.3. The van der Waals surface area contributed by atoms with Crippen molar-refractivity contribution in [2.75, 3.05) is 11.4 Å². The molecule has 1 N–H and O–H groups in total. The zero-order valence-electron chi connectivity index (χ0n) is 18.5. The molecule has 2 unspecified atom stereocenters. The van der Waals surface area contributed by atoms with Gasteiger partial charge in [0.25, 0.3) is 0 Å². The third-order valence-electron chi connectivity index (χ3n) is 5.37. The fourth-order valence-corrected chi connectivity index (χ4v) is 4.00. The predicted molar refractivity (Wildman–Crippen MR) is 122 cm³/mol. The standard InChI is InChI=1S/C24H29N5O2/c1-16-14-18(26-23(30)31-24(2,3)4)11-13-29(16)22-19-9-5-6-10-20(19)27-21(28-22)17-8-7-12-25-15-17/h5-10,12,15-16,18H,11,13-14H2,1-4H3,(H,26,30). The fourth-order valence-electron chi connectivity index (χ4n) is 4.00. The number of rotatable bonds is 3. The number of benzene rings is 1. The van der Waals surface area contributed by atoms with E-state index >= 15 is 0 Å². The number of carbonyl (C=O) groups excluding carboxylic acids is 1. The van der Waals surface area contributed by atoms with E-state index in [0.29, 0.717) is 5.82 Å². The first kappa shape index (κ1) is 21.0. The first-order chi connectivity index (χ1) is 14.8. The summed E-state index contributed by atoms with van der Waals surface area (Å²) in [6.07, 6.45) is 4.82. The summed E-state index contributed by atoms with van der Waals surface area (Å²) in [5, 5.41) is 4.05. The zero-order chi connectivity index (χ0) is 22.0. The van der Waals surface area contributed by atoms with Gasteiger partial charge in [0.1, 0.15) is 11.4 Å². The van der Waals surface area contributed by atoms with Crippen LogP contribution in [0.3, 0.4) is 0 Å². The Kier molecular flexibility index (Phi) is 5.76. The van der Waals surface area contributed by atoms with E-state index in [1.54, 1.807) is 12.4 Å². The fraction of sp³-hybridized carbons (Fsp3) is 0.417. The van der Waals surface area contributed by atoms with Gasteiger partial charge in [-0.1, -0.05) is 12.1 Å². The molecule has 1 saturated heterocycles. The molecule has 1 amide bonds. The van der Waals surface area contributed by atoms with Gasteiger partial charge in [0.05, 0.1) is 5.52 Å². The smallest absolute Gasteiger partial charge is 0.407 e. The van der Waals surface area contributed by atoms with Crippen LogP contribution in [0.1, 0.15) is 40.5 Å². The maximum absolute atomic E-state index is 12.2. The quantitative estimate of drug-likeness (QED) is 0.670. The Morgan fingerprint density at radius 2 is 1.97 bits per heavy atom. The van der Waals surface area contributed by atoms with E-state index < -0.39 is 5.60 Å². The van der Waals surface area contributed by atoms with Crippen LogP contribution < -0.4 is 10.2 Å². The molecule has 3 aromatic rings. The lowest BCUT2D eigenvalue weighted by atomic mass is 9.98. The summed E-state index contributed by atoms with van der Waals surface area (Å²) in [6.45, 7) is 8.58. The number of fused-ring (bicyclic) bond motifs is 1. The second kappa shape index (κ2) is 8.49. The Labute approximate surface area is 182 Å². The van der Waals surface area contributed by atoms with Crippen LogP contribution in [0, 0.1) is 0 Å². The van der Waals surface area contributed by atoms with E-state index in [-0.39, 0.29) is 18.2 Å². The van der Waals surface area contributed by atoms with Crippen molar-refractivity contribution in [3.05, 3.63) is 48.8 Å². The van der Waals surface area contributed by atoms with Gasteiger partial charge in [0, 0.05) is 42.0 Å². The molecule has 0 radical (unpaired) electrons. The minimum atomic E-state index is -0.501. The van der Waals surface area contributed by atoms with Crippen LogP contribution >= 0.6 is 0 Å². The number of hydrogen-bond donors (Lipinski definition) is 1. The van der Waals surface area contributed by atoms with Gasteiger partial charge in [-0.25, -0.2) is 14.8 Å². The number of carbonyl (C=O) groups is 1. The number of aromatic nitrogens is 3. The highest BCUT2D eigenvalue weighted by molar-refractivity contribution is 5.91. The molecule has 7 heteroatoms. The van der Waals surface area contributed by atoms with Crippen molar-refractivity contribution in [1.82, 2.24) is 20.3 Å². The van der Waals surface area contributed by atoms with Gasteiger partial charge in [0.15, 0.2) is 5.82 Å². The third kappa shape index (κ3) is 4.93. The molecule has 4 rings (SSSR count). The van der Waals surface area contributed by atoms with Crippen LogP contribution in [0.15, 0.2) is 48.8 Å². The van der Waals surface area contributed by atoms with Gasteiger partial charge in [-0.15, -0.1) is 0 Å². The molecule has 0 bridgehead atoms. The molecule has 1 aliphatic heterocycles. The topological polar surface area (TPSA) is 80.2 Å². The number of hydrogen-bond acceptors (Lipinski definition) is 6. The first-order valence-electron chi connectivity index (χ1n) is 10.7. The Hall–Kier alpha value is -3.22. The Morgan fingerprint density at radius 1 is 1.16 bits per heavy atom. The monoisotopic (exact) mass is 419 g/mol. The summed E-state index contributed by atoms with van der Waals surface area (Å²) in [5.41, 5.74) is 1.30. The summed E-state index contributed by atoms with van der Waals surface area (Å²) >= 11 is 0. The molecular formula is C24H29N5O2. The molecule has 2 atom stereocenters. The molecule has 1 fully saturated rings. The summed E-state index contributed by atoms with van der Waals surface area (Å²) in [5.74, 6) is 1.59. The Balaban J connectivity index is 1.58. The van der Waals surface area contributed by atoms with E-state index in [2.05, 4.69) is 28.2 Å². The van der Waals surface area contributed by atoms with Crippen molar-refractivity contribution in [2.45, 2.75) is 58.2 Å². The van der Waals surface area contributed by atoms with Crippen molar-refractivity contribution in [1.29, 1.82) is 0 Å². The zero-order valence-corrected chi connectivity index (χ0v) is 18.5. The average Bonchev–Trinajstić information content (AvgIpc) is 2.72. The van der Waals surface area contributed by atoms with Gasteiger partial charge in [-0.2, -0.15) is 0 Å². The third-order valence-corrected chi connectivity index (χ3v) is 5.37. The van der Waals surface area contributed by atoms with Crippen molar-refractivity contribution in [2.24, 2.45) is 0 Å². The molecular weight excluding hydrogens is 390 g/mol. The van der Waals surface area contributed by atoms with Crippen molar-refractivity contribution in [3.63, 3.8) is 0 Å². The predicted octanol–water partition coefficient (Wildman–Crippen LogP) is 4.57. The lowest BCUT2D eigenvalue weighted by Crippen LogP contribution is -2.50. The molecule has 7 nitrogen and oxygen atoms in total. The second-order valence-electron chi connectivity index (χ2n) is 9.04. The van der Waals surface area contributed by atoms with Crippen LogP contribution in [-0.2, 0) is 4.74 Å². The van der Waals surface area contributed by atoms with E-state index in [0.717, 1.165) is 41.7 Å². The number of amides is 1. The Morgan fingerprint density at radius 3 is 2.68 bits per heavy atom. The number of ether oxygens (including phenoxy) is 1. The average molecular weight is 420 g/mol. The van der Waals surface area contributed by atoms with Crippen molar-refractivity contribution < 1.29 is 9.53 Å². The number of pyridine rings is 1. The van der Waals surface area contributed by atoms with Crippen LogP contribution in [0.5, 0.6) is 0 Å². The number of nitrogens with one attached hydrogen (secondary N) is 1. The van der Waals surface area contributed by atoms with E-state index in [1.165, 1.54) is 0 Å². The summed E-state index contributed by atoms with van der Waals surface area (Å²) in [7, 11) is 0. The van der Waals surface area contributed by atoms with Crippen molar-refractivity contribution >= 4 is 22.8 Å². The first-order valence-corrected chi connectivity index (χ1v) is 10.7. The molecule has 0 aliphatic carbocycles. The number of para-hydroxylation sites is 1. The molecule has 1 aliphatic rings. The van der Waals surface area contributed by atoms with E-state index in [4.69, 9.17) is 14.7 Å². The lowest BCUT2D eigenvalue weighted by Gasteiger charge is -2.39. The SMILES string of the molecule is CC1CC(NC(=O)OC(C)(C)C)CCN1c1nc(-c2cccnc2)nc2ccccc12. The van der Waals surface area contributed by atoms with Gasteiger partial charge in [0.2, 0.25) is 0 Å². The highest BCUT2D eigenvalue weighted by atomic mass is 16.6. The molecule has 162 valence electrons. The van der Waals surface area contributed by atoms with E-state index in [1.807, 2.05) is 51.1 Å². The maximum Gasteiger partial charge on any atom is 0.407 e. The van der Waals surface area contributed by atoms with Crippen molar-refractivity contribution in [3.8, 4) is 11.4 Å². The van der Waals surface area contributed by atoms with Gasteiger partial charge < -0.3 is 15.0 Å². The molecule has 1 aromatic carbocycles. The van der Waals surface area contributed by atoms with Gasteiger partial charge >= 0.3 is 6.09 Å². The molecule has 2 aromatic heterocycles. The summed E-state index contributed by atoms with van der Waals surface area (Å²) in [6, 6.07) is 12.2. The highest BCUT2D eigenvalue weighted by Crippen LogP contribution is 2.31. The molecule has 0 saturated carbocycles. The summed E-state index contributed by atoms with van der Waals surface area (Å²) < 4.78 is 5.42. The minimum absolute atomic E-state index is 0.0759. The molecule has 3 heterocycles. The van der Waals surface area contributed by atoms with Gasteiger partial charge in [-0.05, 0) is 64.8 Å². The summed E-state index contributed by atoms with van der Waals surface area (Å²) in [4.78, 5) is 28.4. The largest absolute Gasteiger partial charge is 0.444 e. The van der Waals surface area contributed by atoms with Crippen LogP contribution in [-0.4, -0.2) is 45.3 Å². The molecule has 0 spiro atoms.